The second kappa shape index (κ2) is 24.7. The van der Waals surface area contributed by atoms with E-state index < -0.39 is 42.5 Å². The zero-order valence-corrected chi connectivity index (χ0v) is 22.5. The first-order chi connectivity index (χ1) is 18.8. The number of unbranched alkanes of at least 4 members (excludes halogenated alkanes) is 4. The van der Waals surface area contributed by atoms with Crippen LogP contribution in [0.25, 0.3) is 0 Å². The molecule has 0 aliphatic rings. The molecule has 0 aromatic carbocycles. The maximum absolute atomic E-state index is 12.3. The van der Waals surface area contributed by atoms with Gasteiger partial charge in [-0.3, -0.25) is 9.59 Å². The molecule has 0 rings (SSSR count). The lowest BCUT2D eigenvalue weighted by Gasteiger charge is -2.32. The SMILES string of the molecule is O=C(CO)OCCCCCC(=O)OCC(COCCO)(COCCO)COC(=O)CCCCCOC(=O)CO. The fourth-order valence-electron chi connectivity index (χ4n) is 3.13. The van der Waals surface area contributed by atoms with Gasteiger partial charge in [-0.2, -0.15) is 0 Å². The summed E-state index contributed by atoms with van der Waals surface area (Å²) in [5, 5.41) is 35.4. The van der Waals surface area contributed by atoms with E-state index in [0.29, 0.717) is 38.5 Å². The first-order valence-corrected chi connectivity index (χ1v) is 13.0. The van der Waals surface area contributed by atoms with E-state index in [0.717, 1.165) is 0 Å². The Balaban J connectivity index is 4.75. The van der Waals surface area contributed by atoms with Gasteiger partial charge in [0.05, 0.1) is 58.3 Å². The van der Waals surface area contributed by atoms with Crippen LogP contribution in [-0.4, -0.2) is 124 Å². The van der Waals surface area contributed by atoms with Crippen LogP contribution in [0.4, 0.5) is 0 Å². The van der Waals surface area contributed by atoms with Crippen molar-refractivity contribution in [3.8, 4) is 0 Å². The van der Waals surface area contributed by atoms with Crippen LogP contribution in [0.2, 0.25) is 0 Å². The highest BCUT2D eigenvalue weighted by atomic mass is 16.6. The lowest BCUT2D eigenvalue weighted by Crippen LogP contribution is -2.43. The fraction of sp³-hybridized carbons (Fsp3) is 0.840. The Bertz CT molecular complexity index is 613. The summed E-state index contributed by atoms with van der Waals surface area (Å²) in [4.78, 5) is 46.4. The van der Waals surface area contributed by atoms with Crippen LogP contribution < -0.4 is 0 Å². The normalized spacial score (nSPS) is 11.2. The van der Waals surface area contributed by atoms with Crippen molar-refractivity contribution in [3.05, 3.63) is 0 Å². The molecule has 14 heteroatoms. The smallest absolute Gasteiger partial charge is 0.331 e. The largest absolute Gasteiger partial charge is 0.465 e. The van der Waals surface area contributed by atoms with Gasteiger partial charge < -0.3 is 48.8 Å². The summed E-state index contributed by atoms with van der Waals surface area (Å²) in [7, 11) is 0. The predicted octanol–water partition coefficient (Wildman–Crippen LogP) is -0.731. The standard InChI is InChI=1S/C25H44O14/c26-9-13-34-17-25(18-35-14-10-27,19-38-21(30)7-3-1-5-11-36-23(32)15-28)20-39-22(31)8-4-2-6-12-37-24(33)16-29/h26-29H,1-20H2. The van der Waals surface area contributed by atoms with Gasteiger partial charge in [-0.1, -0.05) is 0 Å². The molecule has 0 aromatic rings. The molecule has 0 aliphatic carbocycles. The van der Waals surface area contributed by atoms with Crippen molar-refractivity contribution in [2.45, 2.75) is 51.4 Å². The van der Waals surface area contributed by atoms with E-state index in [1.165, 1.54) is 0 Å². The fourth-order valence-corrected chi connectivity index (χ4v) is 3.13. The Morgan fingerprint density at radius 2 is 0.872 bits per heavy atom. The Morgan fingerprint density at radius 3 is 1.23 bits per heavy atom. The van der Waals surface area contributed by atoms with Crippen LogP contribution in [0.5, 0.6) is 0 Å². The van der Waals surface area contributed by atoms with E-state index in [-0.39, 0.29) is 78.9 Å². The summed E-state index contributed by atoms with van der Waals surface area (Å²) in [5.74, 6) is -2.41. The van der Waals surface area contributed by atoms with Crippen LogP contribution >= 0.6 is 0 Å². The van der Waals surface area contributed by atoms with E-state index >= 15 is 0 Å². The van der Waals surface area contributed by atoms with Gasteiger partial charge in [-0.25, -0.2) is 9.59 Å². The zero-order valence-electron chi connectivity index (χ0n) is 22.5. The van der Waals surface area contributed by atoms with Gasteiger partial charge in [0.1, 0.15) is 26.4 Å². The number of hydrogen-bond donors (Lipinski definition) is 4. The minimum absolute atomic E-state index is 0.00531. The minimum atomic E-state index is -1.08. The number of rotatable bonds is 26. The van der Waals surface area contributed by atoms with Gasteiger partial charge in [0.15, 0.2) is 0 Å². The highest BCUT2D eigenvalue weighted by Crippen LogP contribution is 2.22. The van der Waals surface area contributed by atoms with E-state index in [1.807, 2.05) is 0 Å². The molecule has 0 saturated heterocycles. The molecule has 0 atom stereocenters. The van der Waals surface area contributed by atoms with Gasteiger partial charge in [0.25, 0.3) is 0 Å². The molecule has 0 aliphatic heterocycles. The number of carbonyl (C=O) groups excluding carboxylic acids is 4. The highest BCUT2D eigenvalue weighted by Gasteiger charge is 2.35. The number of aliphatic hydroxyl groups excluding tert-OH is 4. The molecule has 0 saturated carbocycles. The molecule has 0 radical (unpaired) electrons. The van der Waals surface area contributed by atoms with Crippen molar-refractivity contribution in [3.63, 3.8) is 0 Å². The Morgan fingerprint density at radius 1 is 0.462 bits per heavy atom. The van der Waals surface area contributed by atoms with Gasteiger partial charge in [0, 0.05) is 12.8 Å². The average molecular weight is 569 g/mol. The number of esters is 4. The van der Waals surface area contributed by atoms with Crippen LogP contribution in [0.15, 0.2) is 0 Å². The van der Waals surface area contributed by atoms with Crippen LogP contribution in [0, 0.1) is 5.41 Å². The molecular formula is C25H44O14. The van der Waals surface area contributed by atoms with Crippen molar-refractivity contribution >= 4 is 23.9 Å². The third kappa shape index (κ3) is 21.2. The van der Waals surface area contributed by atoms with Crippen LogP contribution in [0.3, 0.4) is 0 Å². The van der Waals surface area contributed by atoms with Crippen LogP contribution in [-0.2, 0) is 47.6 Å². The maximum atomic E-state index is 12.3. The Labute approximate surface area is 228 Å². The lowest BCUT2D eigenvalue weighted by atomic mass is 9.92. The molecule has 4 N–H and O–H groups in total. The van der Waals surface area contributed by atoms with Gasteiger partial charge >= 0.3 is 23.9 Å². The minimum Gasteiger partial charge on any atom is -0.465 e. The molecule has 228 valence electrons. The van der Waals surface area contributed by atoms with Crippen LogP contribution in [0.1, 0.15) is 51.4 Å². The number of ether oxygens (including phenoxy) is 6. The van der Waals surface area contributed by atoms with Gasteiger partial charge in [0.2, 0.25) is 0 Å². The van der Waals surface area contributed by atoms with Crippen molar-refractivity contribution < 1.29 is 68.0 Å². The summed E-state index contributed by atoms with van der Waals surface area (Å²) < 4.78 is 31.3. The summed E-state index contributed by atoms with van der Waals surface area (Å²) in [6, 6.07) is 0. The Kier molecular flexibility index (Phi) is 23.2. The third-order valence-corrected chi connectivity index (χ3v) is 5.20. The topological polar surface area (TPSA) is 205 Å². The summed E-state index contributed by atoms with van der Waals surface area (Å²) in [5.41, 5.74) is -1.08. The number of carbonyl (C=O) groups is 4. The molecule has 0 aromatic heterocycles. The predicted molar refractivity (Wildman–Crippen MR) is 133 cm³/mol. The molecule has 0 spiro atoms. The molecule has 0 fully saturated rings. The lowest BCUT2D eigenvalue weighted by molar-refractivity contribution is -0.164. The zero-order chi connectivity index (χ0) is 29.2. The van der Waals surface area contributed by atoms with Crippen molar-refractivity contribution in [1.82, 2.24) is 0 Å². The van der Waals surface area contributed by atoms with E-state index in [1.54, 1.807) is 0 Å². The maximum Gasteiger partial charge on any atom is 0.331 e. The molecular weight excluding hydrogens is 524 g/mol. The first kappa shape index (κ1) is 36.6. The summed E-state index contributed by atoms with van der Waals surface area (Å²) >= 11 is 0. The second-order valence-electron chi connectivity index (χ2n) is 8.75. The quantitative estimate of drug-likeness (QED) is 0.0577. The van der Waals surface area contributed by atoms with Crippen molar-refractivity contribution in [2.75, 3.05) is 79.3 Å². The Hall–Kier alpha value is -2.36. The monoisotopic (exact) mass is 568 g/mol. The van der Waals surface area contributed by atoms with Gasteiger partial charge in [-0.05, 0) is 38.5 Å². The molecule has 0 amide bonds. The molecule has 14 nitrogen and oxygen atoms in total. The third-order valence-electron chi connectivity index (χ3n) is 5.20. The summed E-state index contributed by atoms with van der Waals surface area (Å²) in [6.45, 7) is -2.04. The van der Waals surface area contributed by atoms with Crippen molar-refractivity contribution in [2.24, 2.45) is 5.41 Å². The van der Waals surface area contributed by atoms with E-state index in [9.17, 15) is 19.2 Å². The molecule has 0 unspecified atom stereocenters. The summed E-state index contributed by atoms with van der Waals surface area (Å²) in [6.07, 6.45) is 3.42. The highest BCUT2D eigenvalue weighted by molar-refractivity contribution is 5.71. The average Bonchev–Trinajstić information content (AvgIpc) is 2.94. The van der Waals surface area contributed by atoms with E-state index in [4.69, 9.17) is 48.8 Å². The van der Waals surface area contributed by atoms with E-state index in [2.05, 4.69) is 0 Å². The number of hydrogen-bond acceptors (Lipinski definition) is 14. The van der Waals surface area contributed by atoms with Gasteiger partial charge in [-0.15, -0.1) is 0 Å². The van der Waals surface area contributed by atoms with Crippen molar-refractivity contribution in [1.29, 1.82) is 0 Å². The molecule has 39 heavy (non-hydrogen) atoms. The molecule has 0 bridgehead atoms. The molecule has 0 heterocycles. The number of aliphatic hydroxyl groups is 4. The first-order valence-electron chi connectivity index (χ1n) is 13.0. The second-order valence-corrected chi connectivity index (χ2v) is 8.75.